The van der Waals surface area contributed by atoms with Gasteiger partial charge in [-0.15, -0.1) is 0 Å². The maximum atomic E-state index is 2.56. The summed E-state index contributed by atoms with van der Waals surface area (Å²) in [5, 5.41) is 0. The molecule has 1 nitrogen and oxygen atoms in total. The van der Waals surface area contributed by atoms with Gasteiger partial charge in [-0.3, -0.25) is 0 Å². The van der Waals surface area contributed by atoms with Crippen LogP contribution in [0.5, 0.6) is 0 Å². The van der Waals surface area contributed by atoms with E-state index in [9.17, 15) is 0 Å². The molecule has 4 bridgehead atoms. The Balaban J connectivity index is 1.06. The van der Waals surface area contributed by atoms with Crippen LogP contribution < -0.4 is 4.90 Å². The van der Waals surface area contributed by atoms with Crippen molar-refractivity contribution in [1.29, 1.82) is 0 Å². The molecule has 0 aromatic heterocycles. The molecular formula is C55H55N. The second-order valence-electron chi connectivity index (χ2n) is 19.0. The number of anilines is 3. The highest BCUT2D eigenvalue weighted by atomic mass is 15.1. The smallest absolute Gasteiger partial charge is 0.0471 e. The quantitative estimate of drug-likeness (QED) is 0.158. The molecule has 0 aliphatic heterocycles. The minimum atomic E-state index is -0.173. The van der Waals surface area contributed by atoms with E-state index in [1.54, 1.807) is 5.56 Å². The van der Waals surface area contributed by atoms with Crippen LogP contribution in [0.1, 0.15) is 113 Å². The number of hydrogen-bond acceptors (Lipinski definition) is 1. The van der Waals surface area contributed by atoms with Crippen molar-refractivity contribution >= 4 is 17.1 Å². The van der Waals surface area contributed by atoms with Crippen LogP contribution in [-0.2, 0) is 10.8 Å². The number of hydrogen-bond donors (Lipinski definition) is 0. The third kappa shape index (κ3) is 5.71. The van der Waals surface area contributed by atoms with E-state index in [0.717, 1.165) is 17.8 Å². The predicted octanol–water partition coefficient (Wildman–Crippen LogP) is 15.3. The SMILES string of the molecule is CC1(C)c2cc(-c3ccccc3)ccc2-c2c(-c3ccccc3)cc(N(c3ccc(C4CCCCC4)cc3)c3ccc(C45CC6CC(CC(C6)C4)C5)cc3)cc21. The third-order valence-electron chi connectivity index (χ3n) is 15.2. The second kappa shape index (κ2) is 13.4. The molecule has 0 N–H and O–H groups in total. The fraction of sp³-hybridized carbons (Fsp3) is 0.345. The van der Waals surface area contributed by atoms with Crippen molar-refractivity contribution in [2.45, 2.75) is 101 Å². The summed E-state index contributed by atoms with van der Waals surface area (Å²) in [7, 11) is 0. The minimum Gasteiger partial charge on any atom is -0.310 e. The summed E-state index contributed by atoms with van der Waals surface area (Å²) in [5.41, 5.74) is 17.7. The standard InChI is InChI=1S/C55H55N/c1-54(2)51-31-44(41-14-8-4-9-15-41)20-27-49(51)53-50(43-16-10-5-11-17-43)32-48(33-52(53)54)56(46-23-18-42(19-24-46)40-12-6-3-7-13-40)47-25-21-45(22-26-47)55-34-37-28-38(35-55)30-39(29-37)36-55/h4-5,8-11,14-27,31-33,37-40H,3,6-7,12-13,28-30,34-36H2,1-2H3. The summed E-state index contributed by atoms with van der Waals surface area (Å²) >= 11 is 0. The van der Waals surface area contributed by atoms with Gasteiger partial charge in [0.05, 0.1) is 0 Å². The van der Waals surface area contributed by atoms with E-state index in [2.05, 4.69) is 158 Å². The fourth-order valence-electron chi connectivity index (χ4n) is 12.8. The molecule has 12 rings (SSSR count). The largest absolute Gasteiger partial charge is 0.310 e. The minimum absolute atomic E-state index is 0.173. The first-order valence-electron chi connectivity index (χ1n) is 21.9. The average molecular weight is 730 g/mol. The maximum absolute atomic E-state index is 2.56. The first-order chi connectivity index (χ1) is 27.4. The number of nitrogens with zero attached hydrogens (tertiary/aromatic N) is 1. The number of benzene rings is 6. The van der Waals surface area contributed by atoms with Crippen LogP contribution in [0.2, 0.25) is 0 Å². The van der Waals surface area contributed by atoms with Crippen molar-refractivity contribution < 1.29 is 0 Å². The molecular weight excluding hydrogens is 675 g/mol. The Morgan fingerprint density at radius 1 is 0.482 bits per heavy atom. The zero-order valence-electron chi connectivity index (χ0n) is 33.3. The van der Waals surface area contributed by atoms with E-state index in [1.807, 2.05) is 0 Å². The highest BCUT2D eigenvalue weighted by Crippen LogP contribution is 2.61. The molecule has 0 atom stereocenters. The number of rotatable bonds is 7. The van der Waals surface area contributed by atoms with Crippen molar-refractivity contribution in [2.75, 3.05) is 4.90 Å². The van der Waals surface area contributed by atoms with Gasteiger partial charge < -0.3 is 4.90 Å². The van der Waals surface area contributed by atoms with Crippen LogP contribution in [0.3, 0.4) is 0 Å². The highest BCUT2D eigenvalue weighted by Gasteiger charge is 2.51. The number of fused-ring (bicyclic) bond motifs is 3. The lowest BCUT2D eigenvalue weighted by Crippen LogP contribution is -2.48. The Morgan fingerprint density at radius 2 is 1.07 bits per heavy atom. The summed E-state index contributed by atoms with van der Waals surface area (Å²) in [6, 6.07) is 53.9. The first-order valence-corrected chi connectivity index (χ1v) is 21.9. The van der Waals surface area contributed by atoms with Gasteiger partial charge in [0.1, 0.15) is 0 Å². The molecule has 0 amide bonds. The van der Waals surface area contributed by atoms with Crippen molar-refractivity contribution in [3.63, 3.8) is 0 Å². The lowest BCUT2D eigenvalue weighted by molar-refractivity contribution is -0.00518. The van der Waals surface area contributed by atoms with Gasteiger partial charge in [-0.25, -0.2) is 0 Å². The molecule has 6 aromatic rings. The van der Waals surface area contributed by atoms with Crippen LogP contribution in [0.25, 0.3) is 33.4 Å². The molecule has 5 fully saturated rings. The summed E-state index contributed by atoms with van der Waals surface area (Å²) in [5.74, 6) is 3.52. The highest BCUT2D eigenvalue weighted by molar-refractivity contribution is 5.96. The van der Waals surface area contributed by atoms with Crippen LogP contribution in [0.4, 0.5) is 17.1 Å². The van der Waals surface area contributed by atoms with E-state index in [0.29, 0.717) is 11.3 Å². The van der Waals surface area contributed by atoms with Crippen LogP contribution in [0, 0.1) is 17.8 Å². The zero-order chi connectivity index (χ0) is 37.4. The second-order valence-corrected chi connectivity index (χ2v) is 19.0. The predicted molar refractivity (Wildman–Crippen MR) is 235 cm³/mol. The molecule has 6 aliphatic rings. The van der Waals surface area contributed by atoms with Gasteiger partial charge in [0.15, 0.2) is 0 Å². The van der Waals surface area contributed by atoms with Gasteiger partial charge in [-0.1, -0.05) is 130 Å². The summed E-state index contributed by atoms with van der Waals surface area (Å²) in [4.78, 5) is 2.56. The van der Waals surface area contributed by atoms with Gasteiger partial charge in [-0.05, 0) is 179 Å². The van der Waals surface area contributed by atoms with E-state index in [1.165, 1.54) is 138 Å². The Labute approximate surface area is 334 Å². The Morgan fingerprint density at radius 3 is 1.70 bits per heavy atom. The van der Waals surface area contributed by atoms with Crippen LogP contribution >= 0.6 is 0 Å². The average Bonchev–Trinajstić information content (AvgIpc) is 3.47. The zero-order valence-corrected chi connectivity index (χ0v) is 33.3. The lowest BCUT2D eigenvalue weighted by atomic mass is 9.48. The molecule has 0 spiro atoms. The third-order valence-corrected chi connectivity index (χ3v) is 15.2. The van der Waals surface area contributed by atoms with E-state index >= 15 is 0 Å². The van der Waals surface area contributed by atoms with Gasteiger partial charge in [0.25, 0.3) is 0 Å². The Bertz CT molecular complexity index is 2340. The van der Waals surface area contributed by atoms with Crippen molar-refractivity contribution in [2.24, 2.45) is 17.8 Å². The van der Waals surface area contributed by atoms with Crippen LogP contribution in [-0.4, -0.2) is 0 Å². The van der Waals surface area contributed by atoms with E-state index in [-0.39, 0.29) is 5.41 Å². The van der Waals surface area contributed by atoms with Gasteiger partial charge in [0, 0.05) is 22.5 Å². The molecule has 0 radical (unpaired) electrons. The fourth-order valence-corrected chi connectivity index (χ4v) is 12.8. The normalized spacial score (nSPS) is 24.5. The molecule has 5 saturated carbocycles. The Hall–Kier alpha value is -4.88. The molecule has 56 heavy (non-hydrogen) atoms. The first kappa shape index (κ1) is 34.4. The molecule has 280 valence electrons. The summed E-state index contributed by atoms with van der Waals surface area (Å²) in [6.07, 6.45) is 15.4. The van der Waals surface area contributed by atoms with Crippen molar-refractivity contribution in [1.82, 2.24) is 0 Å². The monoisotopic (exact) mass is 729 g/mol. The van der Waals surface area contributed by atoms with Gasteiger partial charge in [0.2, 0.25) is 0 Å². The maximum Gasteiger partial charge on any atom is 0.0471 e. The van der Waals surface area contributed by atoms with E-state index in [4.69, 9.17) is 0 Å². The molecule has 0 unspecified atom stereocenters. The Kier molecular flexibility index (Phi) is 8.20. The van der Waals surface area contributed by atoms with Gasteiger partial charge >= 0.3 is 0 Å². The van der Waals surface area contributed by atoms with Crippen molar-refractivity contribution in [3.05, 3.63) is 162 Å². The lowest BCUT2D eigenvalue weighted by Gasteiger charge is -2.57. The molecule has 0 heterocycles. The van der Waals surface area contributed by atoms with Crippen molar-refractivity contribution in [3.8, 4) is 33.4 Å². The molecule has 0 saturated heterocycles. The summed E-state index contributed by atoms with van der Waals surface area (Å²) in [6.45, 7) is 4.88. The van der Waals surface area contributed by atoms with E-state index < -0.39 is 0 Å². The van der Waals surface area contributed by atoms with Crippen LogP contribution in [0.15, 0.2) is 140 Å². The molecule has 1 heteroatoms. The van der Waals surface area contributed by atoms with Gasteiger partial charge in [-0.2, -0.15) is 0 Å². The molecule has 6 aliphatic carbocycles. The summed E-state index contributed by atoms with van der Waals surface area (Å²) < 4.78 is 0. The molecule has 6 aromatic carbocycles. The topological polar surface area (TPSA) is 3.24 Å².